The van der Waals surface area contributed by atoms with Gasteiger partial charge in [0.2, 0.25) is 0 Å². The largest absolute Gasteiger partial charge is 0.496 e. The predicted molar refractivity (Wildman–Crippen MR) is 144 cm³/mol. The first kappa shape index (κ1) is 32.3. The number of carbonyl (C=O) groups is 3. The van der Waals surface area contributed by atoms with E-state index in [1.54, 1.807) is 27.7 Å². The van der Waals surface area contributed by atoms with Crippen molar-refractivity contribution in [2.24, 2.45) is 0 Å². The number of carbonyl (C=O) groups excluding carboxylic acids is 3. The molecule has 1 aromatic carbocycles. The second-order valence-corrected chi connectivity index (χ2v) is 11.5. The molecule has 11 nitrogen and oxygen atoms in total. The van der Waals surface area contributed by atoms with Crippen LogP contribution in [0.4, 0.5) is 0 Å². The lowest BCUT2D eigenvalue weighted by atomic mass is 9.94. The number of hydrogen-bond donors (Lipinski definition) is 1. The first-order valence-corrected chi connectivity index (χ1v) is 14.6. The average Bonchev–Trinajstić information content (AvgIpc) is 3.25. The molecule has 0 fully saturated rings. The third-order valence-electron chi connectivity index (χ3n) is 5.94. The summed E-state index contributed by atoms with van der Waals surface area (Å²) in [6.45, 7) is 10.7. The van der Waals surface area contributed by atoms with E-state index < -0.39 is 25.5 Å². The minimum absolute atomic E-state index is 0.0144. The molecule has 1 aliphatic rings. The molecular weight excluding hydrogens is 529 g/mol. The highest BCUT2D eigenvalue weighted by atomic mass is 31.2. The predicted octanol–water partition coefficient (Wildman–Crippen LogP) is 4.61. The molecule has 0 aliphatic carbocycles. The molecule has 1 aromatic rings. The van der Waals surface area contributed by atoms with E-state index in [9.17, 15) is 18.9 Å². The fourth-order valence-corrected chi connectivity index (χ4v) is 5.82. The van der Waals surface area contributed by atoms with Crippen molar-refractivity contribution in [1.29, 1.82) is 0 Å². The van der Waals surface area contributed by atoms with Gasteiger partial charge in [0.25, 0.3) is 0 Å². The molecule has 1 heterocycles. The van der Waals surface area contributed by atoms with Crippen LogP contribution in [0.3, 0.4) is 0 Å². The van der Waals surface area contributed by atoms with Gasteiger partial charge in [-0.05, 0) is 59.9 Å². The molecule has 0 bridgehead atoms. The van der Waals surface area contributed by atoms with Gasteiger partial charge in [0.15, 0.2) is 0 Å². The van der Waals surface area contributed by atoms with Gasteiger partial charge in [0.05, 0.1) is 19.8 Å². The Bertz CT molecular complexity index is 1140. The minimum Gasteiger partial charge on any atom is -0.496 e. The van der Waals surface area contributed by atoms with Crippen molar-refractivity contribution in [3.8, 4) is 11.5 Å². The third-order valence-corrected chi connectivity index (χ3v) is 7.80. The van der Waals surface area contributed by atoms with Gasteiger partial charge in [-0.25, -0.2) is 9.88 Å². The zero-order valence-electron chi connectivity index (χ0n) is 24.0. The van der Waals surface area contributed by atoms with Crippen molar-refractivity contribution in [1.82, 2.24) is 5.09 Å². The Labute approximate surface area is 230 Å². The van der Waals surface area contributed by atoms with Crippen LogP contribution >= 0.6 is 7.52 Å². The normalized spacial score (nSPS) is 15.3. The molecule has 2 atom stereocenters. The quantitative estimate of drug-likeness (QED) is 0.137. The molecule has 0 saturated carbocycles. The van der Waals surface area contributed by atoms with Crippen molar-refractivity contribution in [3.05, 3.63) is 33.9 Å². The van der Waals surface area contributed by atoms with Gasteiger partial charge in [-0.2, -0.15) is 0 Å². The van der Waals surface area contributed by atoms with Crippen LogP contribution in [0.5, 0.6) is 11.5 Å². The van der Waals surface area contributed by atoms with E-state index in [4.69, 9.17) is 28.2 Å². The fraction of sp³-hybridized carbons (Fsp3) is 0.593. The average molecular weight is 570 g/mol. The SMILES string of the molecule is CCOC(=O)CC/C(C)=C/Cc1c(OC)c(C)c2c(c1OP(=O)(COC)NC(C)C(=O)OC(C)C)C(=O)OC2. The van der Waals surface area contributed by atoms with Gasteiger partial charge in [-0.3, -0.25) is 14.2 Å². The smallest absolute Gasteiger partial charge is 0.342 e. The summed E-state index contributed by atoms with van der Waals surface area (Å²) in [4.78, 5) is 37.0. The van der Waals surface area contributed by atoms with Crippen molar-refractivity contribution < 1.29 is 47.2 Å². The topological polar surface area (TPSA) is 136 Å². The molecule has 39 heavy (non-hydrogen) atoms. The van der Waals surface area contributed by atoms with E-state index >= 15 is 0 Å². The number of rotatable bonds is 15. The lowest BCUT2D eigenvalue weighted by Gasteiger charge is -2.26. The molecule has 0 spiro atoms. The van der Waals surface area contributed by atoms with Gasteiger partial charge in [-0.15, -0.1) is 0 Å². The molecule has 218 valence electrons. The van der Waals surface area contributed by atoms with Gasteiger partial charge in [0, 0.05) is 24.7 Å². The van der Waals surface area contributed by atoms with Crippen LogP contribution in [0.25, 0.3) is 0 Å². The zero-order chi connectivity index (χ0) is 29.3. The van der Waals surface area contributed by atoms with E-state index in [2.05, 4.69) is 5.09 Å². The Morgan fingerprint density at radius 3 is 2.44 bits per heavy atom. The van der Waals surface area contributed by atoms with Gasteiger partial charge in [-0.1, -0.05) is 11.6 Å². The van der Waals surface area contributed by atoms with E-state index in [0.29, 0.717) is 35.5 Å². The van der Waals surface area contributed by atoms with Crippen LogP contribution < -0.4 is 14.3 Å². The van der Waals surface area contributed by atoms with E-state index in [1.165, 1.54) is 21.1 Å². The number of allylic oxidation sites excluding steroid dienone is 2. The second-order valence-electron chi connectivity index (χ2n) is 9.47. The van der Waals surface area contributed by atoms with E-state index in [0.717, 1.165) is 5.57 Å². The maximum absolute atomic E-state index is 14.0. The number of fused-ring (bicyclic) bond motifs is 1. The standard InChI is InChI=1S/C27H40NO10P/c1-9-35-22(29)13-11-17(4)10-12-20-24(34-8)18(5)21-14-36-27(31)23(21)25(20)38-39(32,15-33-7)28-19(6)26(30)37-16(2)3/h10,16,19H,9,11-15H2,1-8H3,(H,28,32)/b17-10+. The second kappa shape index (κ2) is 14.5. The Morgan fingerprint density at radius 2 is 1.85 bits per heavy atom. The molecule has 2 rings (SSSR count). The number of methoxy groups -OCH3 is 2. The molecule has 2 unspecified atom stereocenters. The first-order chi connectivity index (χ1) is 18.4. The summed E-state index contributed by atoms with van der Waals surface area (Å²) in [7, 11) is -1.08. The maximum Gasteiger partial charge on any atom is 0.342 e. The van der Waals surface area contributed by atoms with Gasteiger partial charge in [0.1, 0.15) is 36.1 Å². The van der Waals surface area contributed by atoms with Gasteiger partial charge < -0.3 is 28.2 Å². The number of nitrogens with one attached hydrogen (secondary N) is 1. The van der Waals surface area contributed by atoms with E-state index in [-0.39, 0.29) is 49.2 Å². The summed E-state index contributed by atoms with van der Waals surface area (Å²) in [6.07, 6.45) is 2.07. The van der Waals surface area contributed by atoms with Crippen LogP contribution in [0, 0.1) is 6.92 Å². The van der Waals surface area contributed by atoms with Crippen LogP contribution in [0.15, 0.2) is 11.6 Å². The fourth-order valence-electron chi connectivity index (χ4n) is 4.11. The number of benzene rings is 1. The van der Waals surface area contributed by atoms with Crippen LogP contribution in [-0.2, 0) is 46.1 Å². The van der Waals surface area contributed by atoms with Crippen molar-refractivity contribution in [2.45, 2.75) is 79.6 Å². The molecule has 1 N–H and O–H groups in total. The molecule has 0 amide bonds. The van der Waals surface area contributed by atoms with Gasteiger partial charge >= 0.3 is 25.4 Å². The van der Waals surface area contributed by atoms with E-state index in [1.807, 2.05) is 13.0 Å². The minimum atomic E-state index is -3.92. The Hall–Kier alpha value is -2.88. The Kier molecular flexibility index (Phi) is 12.0. The maximum atomic E-state index is 14.0. The number of esters is 3. The zero-order valence-corrected chi connectivity index (χ0v) is 24.9. The third kappa shape index (κ3) is 8.55. The van der Waals surface area contributed by atoms with Crippen molar-refractivity contribution >= 4 is 25.4 Å². The lowest BCUT2D eigenvalue weighted by Crippen LogP contribution is -2.36. The number of cyclic esters (lactones) is 1. The lowest BCUT2D eigenvalue weighted by molar-refractivity contribution is -0.149. The summed E-state index contributed by atoms with van der Waals surface area (Å²) in [5.41, 5.74) is 2.78. The monoisotopic (exact) mass is 569 g/mol. The number of hydrogen-bond acceptors (Lipinski definition) is 10. The molecule has 0 saturated heterocycles. The van der Waals surface area contributed by atoms with Crippen LogP contribution in [0.2, 0.25) is 0 Å². The van der Waals surface area contributed by atoms with Crippen LogP contribution in [0.1, 0.15) is 74.5 Å². The highest BCUT2D eigenvalue weighted by Crippen LogP contribution is 2.51. The van der Waals surface area contributed by atoms with Crippen molar-refractivity contribution in [3.63, 3.8) is 0 Å². The molecule has 0 radical (unpaired) electrons. The molecular formula is C27H40NO10P. The number of ether oxygens (including phenoxy) is 5. The molecule has 12 heteroatoms. The Balaban J connectivity index is 2.54. The van der Waals surface area contributed by atoms with Crippen LogP contribution in [-0.4, -0.2) is 57.2 Å². The highest BCUT2D eigenvalue weighted by molar-refractivity contribution is 7.57. The Morgan fingerprint density at radius 1 is 1.15 bits per heavy atom. The summed E-state index contributed by atoms with van der Waals surface area (Å²) < 4.78 is 46.5. The first-order valence-electron chi connectivity index (χ1n) is 12.8. The summed E-state index contributed by atoms with van der Waals surface area (Å²) >= 11 is 0. The van der Waals surface area contributed by atoms with Crippen molar-refractivity contribution in [2.75, 3.05) is 27.2 Å². The molecule has 1 aliphatic heterocycles. The summed E-state index contributed by atoms with van der Waals surface area (Å²) in [6, 6.07) is -0.991. The summed E-state index contributed by atoms with van der Waals surface area (Å²) in [5, 5.41) is 2.72. The summed E-state index contributed by atoms with van der Waals surface area (Å²) in [5.74, 6) is -1.04. The highest BCUT2D eigenvalue weighted by Gasteiger charge is 2.38. The molecule has 0 aromatic heterocycles.